The summed E-state index contributed by atoms with van der Waals surface area (Å²) in [5.74, 6) is -0.253. The van der Waals surface area contributed by atoms with Crippen LogP contribution < -0.4 is 4.31 Å². The van der Waals surface area contributed by atoms with Crippen LogP contribution in [0.3, 0.4) is 0 Å². The molecule has 1 aromatic heterocycles. The minimum atomic E-state index is -3.68. The molecule has 10 heteroatoms. The van der Waals surface area contributed by atoms with Gasteiger partial charge in [-0.1, -0.05) is 6.08 Å². The highest BCUT2D eigenvalue weighted by molar-refractivity contribution is 7.90. The molecule has 0 radical (unpaired) electrons. The molecular formula is C26H31FN4O3S2. The highest BCUT2D eigenvalue weighted by atomic mass is 32.2. The molecule has 36 heavy (non-hydrogen) atoms. The molecule has 1 N–H and O–H groups in total. The summed E-state index contributed by atoms with van der Waals surface area (Å²) < 4.78 is 55.8. The first-order chi connectivity index (χ1) is 17.1. The summed E-state index contributed by atoms with van der Waals surface area (Å²) in [5, 5.41) is 0.881. The molecular weight excluding hydrogens is 499 g/mol. The quantitative estimate of drug-likeness (QED) is 0.521. The molecule has 1 unspecified atom stereocenters. The predicted octanol–water partition coefficient (Wildman–Crippen LogP) is 4.11. The second-order valence-corrected chi connectivity index (χ2v) is 12.8. The van der Waals surface area contributed by atoms with Crippen LogP contribution in [0.2, 0.25) is 0 Å². The third kappa shape index (κ3) is 4.63. The third-order valence-corrected chi connectivity index (χ3v) is 10.0. The van der Waals surface area contributed by atoms with E-state index in [9.17, 15) is 17.0 Å². The van der Waals surface area contributed by atoms with Crippen molar-refractivity contribution < 1.29 is 17.0 Å². The van der Waals surface area contributed by atoms with E-state index in [4.69, 9.17) is 0 Å². The molecule has 0 bridgehead atoms. The smallest absolute Gasteiger partial charge is 0.304 e. The van der Waals surface area contributed by atoms with E-state index < -0.39 is 21.0 Å². The van der Waals surface area contributed by atoms with Gasteiger partial charge in [0.1, 0.15) is 5.82 Å². The Labute approximate surface area is 214 Å². The second kappa shape index (κ2) is 9.74. The number of aromatic amines is 1. The number of hydrogen-bond acceptors (Lipinski definition) is 4. The Bertz CT molecular complexity index is 1470. The van der Waals surface area contributed by atoms with Gasteiger partial charge in [0, 0.05) is 83.4 Å². The van der Waals surface area contributed by atoms with Crippen LogP contribution in [0.1, 0.15) is 31.4 Å². The van der Waals surface area contributed by atoms with Crippen molar-refractivity contribution in [2.45, 2.75) is 37.8 Å². The van der Waals surface area contributed by atoms with Crippen LogP contribution in [0.25, 0.3) is 16.5 Å². The number of hydrogen-bond donors (Lipinski definition) is 1. The molecule has 3 heterocycles. The zero-order chi connectivity index (χ0) is 25.6. The largest absolute Gasteiger partial charge is 0.361 e. The highest BCUT2D eigenvalue weighted by Gasteiger charge is 2.38. The number of anilines is 1. The lowest BCUT2D eigenvalue weighted by Gasteiger charge is -2.40. The van der Waals surface area contributed by atoms with Gasteiger partial charge in [-0.25, -0.2) is 4.39 Å². The molecule has 1 atom stereocenters. The molecule has 3 aromatic rings. The van der Waals surface area contributed by atoms with Gasteiger partial charge in [-0.05, 0) is 67.8 Å². The Hall–Kier alpha value is -2.53. The van der Waals surface area contributed by atoms with E-state index in [1.165, 1.54) is 20.2 Å². The van der Waals surface area contributed by atoms with Crippen molar-refractivity contribution in [3.05, 3.63) is 65.6 Å². The maximum atomic E-state index is 13.8. The van der Waals surface area contributed by atoms with Gasteiger partial charge < -0.3 is 4.98 Å². The first-order valence-corrected chi connectivity index (χ1v) is 15.0. The summed E-state index contributed by atoms with van der Waals surface area (Å²) in [6, 6.07) is 9.98. The molecule has 5 rings (SSSR count). The zero-order valence-electron chi connectivity index (χ0n) is 20.7. The molecule has 7 nitrogen and oxygen atoms in total. The summed E-state index contributed by atoms with van der Waals surface area (Å²) in [6.45, 7) is 6.41. The molecule has 0 amide bonds. The van der Waals surface area contributed by atoms with Crippen molar-refractivity contribution >= 4 is 43.2 Å². The van der Waals surface area contributed by atoms with E-state index in [2.05, 4.69) is 16.0 Å². The Morgan fingerprint density at radius 2 is 1.94 bits per heavy atom. The van der Waals surface area contributed by atoms with Crippen molar-refractivity contribution in [3.8, 4) is 0 Å². The number of nitrogens with one attached hydrogen (secondary N) is 1. The van der Waals surface area contributed by atoms with Crippen LogP contribution >= 0.6 is 0 Å². The van der Waals surface area contributed by atoms with Gasteiger partial charge in [-0.15, -0.1) is 0 Å². The van der Waals surface area contributed by atoms with Crippen molar-refractivity contribution in [1.82, 2.24) is 14.2 Å². The maximum absolute atomic E-state index is 13.8. The number of aromatic nitrogens is 1. The lowest BCUT2D eigenvalue weighted by Crippen LogP contribution is -2.52. The van der Waals surface area contributed by atoms with Gasteiger partial charge in [0.05, 0.1) is 5.69 Å². The van der Waals surface area contributed by atoms with E-state index >= 15 is 0 Å². The number of benzene rings is 2. The Kier molecular flexibility index (Phi) is 6.80. The number of nitrogens with zero attached hydrogens (tertiary/aromatic N) is 3. The predicted molar refractivity (Wildman–Crippen MR) is 143 cm³/mol. The summed E-state index contributed by atoms with van der Waals surface area (Å²) >= 11 is 0. The maximum Gasteiger partial charge on any atom is 0.304 e. The van der Waals surface area contributed by atoms with Crippen LogP contribution in [0.5, 0.6) is 0 Å². The van der Waals surface area contributed by atoms with Gasteiger partial charge >= 0.3 is 10.2 Å². The number of halogens is 1. The van der Waals surface area contributed by atoms with Crippen LogP contribution in [0, 0.1) is 5.82 Å². The summed E-state index contributed by atoms with van der Waals surface area (Å²) in [6.07, 6.45) is 6.51. The Morgan fingerprint density at radius 3 is 2.64 bits per heavy atom. The van der Waals surface area contributed by atoms with Gasteiger partial charge in [0.25, 0.3) is 0 Å². The fourth-order valence-electron chi connectivity index (χ4n) is 5.05. The van der Waals surface area contributed by atoms with Crippen LogP contribution in [0.4, 0.5) is 10.1 Å². The molecule has 2 aromatic carbocycles. The topological polar surface area (TPSA) is 76.7 Å². The third-order valence-electron chi connectivity index (χ3n) is 7.03. The lowest BCUT2D eigenvalue weighted by atomic mass is 9.99. The Morgan fingerprint density at radius 1 is 1.14 bits per heavy atom. The fourth-order valence-corrected chi connectivity index (χ4v) is 7.44. The van der Waals surface area contributed by atoms with E-state index in [-0.39, 0.29) is 18.4 Å². The van der Waals surface area contributed by atoms with Gasteiger partial charge in [-0.3, -0.25) is 13.4 Å². The van der Waals surface area contributed by atoms with Crippen LogP contribution in [-0.2, 0) is 27.6 Å². The van der Waals surface area contributed by atoms with Gasteiger partial charge in [0.2, 0.25) is 0 Å². The van der Waals surface area contributed by atoms with Crippen molar-refractivity contribution in [2.75, 3.05) is 36.7 Å². The van der Waals surface area contributed by atoms with E-state index in [1.54, 1.807) is 30.5 Å². The van der Waals surface area contributed by atoms with Crippen molar-refractivity contribution in [3.63, 3.8) is 0 Å². The van der Waals surface area contributed by atoms with Crippen molar-refractivity contribution in [1.29, 1.82) is 0 Å². The number of rotatable bonds is 6. The monoisotopic (exact) mass is 530 g/mol. The minimum absolute atomic E-state index is 0.192. The first kappa shape index (κ1) is 25.1. The standard InChI is InChI=1S/C26H31FN4O3S2/c1-18(2)31-17-20-14-22(35(3)32)5-7-26(20)30(36(31,33)34)13-12-29-10-8-19(9-11-29)24-16-28-25-6-4-21(27)15-23(24)25/h4-8,14-16,18,28H,9-13,17H2,1-3H3. The number of H-pyrrole nitrogens is 1. The summed E-state index contributed by atoms with van der Waals surface area (Å²) in [4.78, 5) is 6.15. The SMILES string of the molecule is CC(C)N1Cc2cc(S(C)=O)ccc2N(CCN2CC=C(c3c[nH]c4ccc(F)cc34)CC2)S1(=O)=O. The molecule has 0 aliphatic carbocycles. The zero-order valence-corrected chi connectivity index (χ0v) is 22.3. The summed E-state index contributed by atoms with van der Waals surface area (Å²) in [7, 11) is -4.81. The van der Waals surface area contributed by atoms with Crippen LogP contribution in [0.15, 0.2) is 53.6 Å². The number of fused-ring (bicyclic) bond motifs is 2. The first-order valence-electron chi connectivity index (χ1n) is 12.1. The van der Waals surface area contributed by atoms with Gasteiger partial charge in [-0.2, -0.15) is 12.7 Å². The molecule has 0 spiro atoms. The van der Waals surface area contributed by atoms with E-state index in [0.29, 0.717) is 30.2 Å². The second-order valence-electron chi connectivity index (χ2n) is 9.64. The molecule has 2 aliphatic rings. The lowest BCUT2D eigenvalue weighted by molar-refractivity contribution is 0.305. The fraction of sp³-hybridized carbons (Fsp3) is 0.385. The Balaban J connectivity index is 1.35. The average molecular weight is 531 g/mol. The van der Waals surface area contributed by atoms with Crippen LogP contribution in [-0.4, -0.2) is 65.3 Å². The molecule has 192 valence electrons. The van der Waals surface area contributed by atoms with E-state index in [0.717, 1.165) is 35.0 Å². The summed E-state index contributed by atoms with van der Waals surface area (Å²) in [5.41, 5.74) is 4.64. The molecule has 0 saturated heterocycles. The minimum Gasteiger partial charge on any atom is -0.361 e. The average Bonchev–Trinajstić information content (AvgIpc) is 3.25. The molecule has 2 aliphatic heterocycles. The molecule has 0 fully saturated rings. The molecule has 0 saturated carbocycles. The van der Waals surface area contributed by atoms with Gasteiger partial charge in [0.15, 0.2) is 0 Å². The normalized spacial score (nSPS) is 19.5. The van der Waals surface area contributed by atoms with E-state index in [1.807, 2.05) is 26.1 Å². The highest BCUT2D eigenvalue weighted by Crippen LogP contribution is 2.35. The van der Waals surface area contributed by atoms with Crippen molar-refractivity contribution in [2.24, 2.45) is 0 Å².